The van der Waals surface area contributed by atoms with Crippen molar-refractivity contribution in [2.45, 2.75) is 0 Å². The molecule has 0 saturated carbocycles. The number of pyridine rings is 1. The van der Waals surface area contributed by atoms with E-state index >= 15 is 0 Å². The number of fused-ring (bicyclic) bond motifs is 1. The van der Waals surface area contributed by atoms with E-state index in [1.54, 1.807) is 19.2 Å². The first-order valence-electron chi connectivity index (χ1n) is 4.07. The molecule has 2 aromatic rings. The molecule has 0 amide bonds. The van der Waals surface area contributed by atoms with Crippen LogP contribution in [0.4, 0.5) is 4.53 Å². The van der Waals surface area contributed by atoms with Crippen molar-refractivity contribution in [2.24, 2.45) is 0 Å². The average Bonchev–Trinajstić information content (AvgIpc) is 2.27. The lowest BCUT2D eigenvalue weighted by atomic mass is 10.2. The van der Waals surface area contributed by atoms with Crippen LogP contribution >= 0.6 is 0 Å². The highest BCUT2D eigenvalue weighted by Gasteiger charge is 2.04. The maximum atomic E-state index is 11.9. The molecule has 0 unspecified atom stereocenters. The van der Waals surface area contributed by atoms with Crippen molar-refractivity contribution in [2.75, 3.05) is 7.11 Å². The van der Waals surface area contributed by atoms with Crippen LogP contribution < -0.4 is 9.68 Å². The quantitative estimate of drug-likeness (QED) is 0.734. The summed E-state index contributed by atoms with van der Waals surface area (Å²) < 4.78 is 17.0. The predicted octanol–water partition coefficient (Wildman–Crippen LogP) is 2.51. The van der Waals surface area contributed by atoms with Gasteiger partial charge in [-0.25, -0.2) is 4.98 Å². The Morgan fingerprint density at radius 1 is 1.21 bits per heavy atom. The monoisotopic (exact) mass is 193 g/mol. The highest BCUT2D eigenvalue weighted by molar-refractivity contribution is 5.84. The van der Waals surface area contributed by atoms with Gasteiger partial charge in [0.25, 0.3) is 5.88 Å². The van der Waals surface area contributed by atoms with E-state index in [2.05, 4.69) is 9.93 Å². The van der Waals surface area contributed by atoms with Crippen molar-refractivity contribution in [3.63, 3.8) is 0 Å². The number of para-hydroxylation sites is 1. The average molecular weight is 193 g/mol. The number of hydrogen-bond acceptors (Lipinski definition) is 3. The van der Waals surface area contributed by atoms with Gasteiger partial charge in [-0.1, -0.05) is 12.1 Å². The van der Waals surface area contributed by atoms with Gasteiger partial charge >= 0.3 is 0 Å². The van der Waals surface area contributed by atoms with Crippen molar-refractivity contribution in [3.8, 4) is 11.6 Å². The molecule has 0 radical (unpaired) electrons. The number of ether oxygens (including phenoxy) is 1. The molecule has 1 aromatic heterocycles. The fourth-order valence-electron chi connectivity index (χ4n) is 1.31. The third kappa shape index (κ3) is 1.35. The van der Waals surface area contributed by atoms with Crippen LogP contribution in [-0.4, -0.2) is 12.1 Å². The van der Waals surface area contributed by atoms with Crippen LogP contribution in [0.3, 0.4) is 0 Å². The first-order valence-corrected chi connectivity index (χ1v) is 4.07. The predicted molar refractivity (Wildman–Crippen MR) is 50.0 cm³/mol. The molecule has 3 nitrogen and oxygen atoms in total. The molecule has 2 rings (SSSR count). The van der Waals surface area contributed by atoms with Crippen LogP contribution in [0.2, 0.25) is 0 Å². The Morgan fingerprint density at radius 3 is 2.79 bits per heavy atom. The largest absolute Gasteiger partial charge is 0.494 e. The van der Waals surface area contributed by atoms with Crippen LogP contribution in [-0.2, 0) is 0 Å². The molecule has 72 valence electrons. The Labute approximate surface area is 80.0 Å². The van der Waals surface area contributed by atoms with E-state index in [-0.39, 0.29) is 5.88 Å². The Hall–Kier alpha value is -1.84. The van der Waals surface area contributed by atoms with Gasteiger partial charge in [-0.05, 0) is 12.1 Å². The van der Waals surface area contributed by atoms with Gasteiger partial charge in [-0.15, -0.1) is 0 Å². The van der Waals surface area contributed by atoms with Crippen LogP contribution in [0.5, 0.6) is 11.6 Å². The summed E-state index contributed by atoms with van der Waals surface area (Å²) in [5, 5.41) is 0.880. The van der Waals surface area contributed by atoms with Crippen molar-refractivity contribution in [3.05, 3.63) is 30.3 Å². The molecule has 0 N–H and O–H groups in total. The van der Waals surface area contributed by atoms with Gasteiger partial charge in [0.1, 0.15) is 11.3 Å². The van der Waals surface area contributed by atoms with Crippen molar-refractivity contribution in [1.29, 1.82) is 0 Å². The maximum absolute atomic E-state index is 11.9. The summed E-state index contributed by atoms with van der Waals surface area (Å²) in [4.78, 5) is 7.50. The molecule has 0 bridgehead atoms. The zero-order valence-corrected chi connectivity index (χ0v) is 7.53. The number of halogens is 1. The Bertz CT molecular complexity index is 459. The number of nitrogens with zero attached hydrogens (tertiary/aromatic N) is 1. The standard InChI is InChI=1S/C10H8FNO2/c1-13-8-4-2-3-7-5-6-9(14-11)12-10(7)8/h2-6H,1H3. The zero-order valence-electron chi connectivity index (χ0n) is 7.53. The smallest absolute Gasteiger partial charge is 0.263 e. The molecule has 0 aliphatic carbocycles. The summed E-state index contributed by atoms with van der Waals surface area (Å²) in [5.41, 5.74) is 0.588. The van der Waals surface area contributed by atoms with Gasteiger partial charge in [0.15, 0.2) is 0 Å². The minimum atomic E-state index is -0.0676. The molecule has 0 aliphatic rings. The van der Waals surface area contributed by atoms with Crippen LogP contribution in [0.25, 0.3) is 10.9 Å². The first-order chi connectivity index (χ1) is 6.85. The molecule has 4 heteroatoms. The normalized spacial score (nSPS) is 10.1. The van der Waals surface area contributed by atoms with E-state index < -0.39 is 0 Å². The minimum absolute atomic E-state index is 0.0676. The molecule has 0 saturated heterocycles. The second-order valence-corrected chi connectivity index (χ2v) is 2.76. The number of methoxy groups -OCH3 is 1. The van der Waals surface area contributed by atoms with E-state index in [1.807, 2.05) is 12.1 Å². The lowest BCUT2D eigenvalue weighted by molar-refractivity contribution is -0.0114. The second kappa shape index (κ2) is 3.49. The number of benzene rings is 1. The van der Waals surface area contributed by atoms with Gasteiger partial charge in [0, 0.05) is 16.0 Å². The van der Waals surface area contributed by atoms with E-state index in [9.17, 15) is 4.53 Å². The van der Waals surface area contributed by atoms with Gasteiger partial charge in [-0.2, -0.15) is 0 Å². The third-order valence-electron chi connectivity index (χ3n) is 1.96. The Balaban J connectivity index is 2.70. The van der Waals surface area contributed by atoms with Crippen LogP contribution in [0.1, 0.15) is 0 Å². The van der Waals surface area contributed by atoms with Crippen molar-refractivity contribution < 1.29 is 14.2 Å². The second-order valence-electron chi connectivity index (χ2n) is 2.76. The molecule has 0 atom stereocenters. The number of aromatic nitrogens is 1. The molecule has 1 aromatic carbocycles. The highest BCUT2D eigenvalue weighted by atomic mass is 19.3. The molecular weight excluding hydrogens is 185 g/mol. The van der Waals surface area contributed by atoms with Gasteiger partial charge in [0.05, 0.1) is 7.11 Å². The molecule has 14 heavy (non-hydrogen) atoms. The Kier molecular flexibility index (Phi) is 2.18. The molecule has 1 heterocycles. The highest BCUT2D eigenvalue weighted by Crippen LogP contribution is 2.25. The summed E-state index contributed by atoms with van der Waals surface area (Å²) in [6.07, 6.45) is 0. The molecular formula is C10H8FNO2. The van der Waals surface area contributed by atoms with E-state index in [1.165, 1.54) is 6.07 Å². The fourth-order valence-corrected chi connectivity index (χ4v) is 1.31. The van der Waals surface area contributed by atoms with Crippen LogP contribution in [0, 0.1) is 0 Å². The zero-order chi connectivity index (χ0) is 9.97. The fraction of sp³-hybridized carbons (Fsp3) is 0.100. The van der Waals surface area contributed by atoms with Gasteiger partial charge < -0.3 is 4.74 Å². The number of hydrogen-bond donors (Lipinski definition) is 0. The molecule has 0 spiro atoms. The van der Waals surface area contributed by atoms with E-state index in [0.717, 1.165) is 5.39 Å². The van der Waals surface area contributed by atoms with Crippen molar-refractivity contribution in [1.82, 2.24) is 4.98 Å². The Morgan fingerprint density at radius 2 is 2.07 bits per heavy atom. The molecule has 0 fully saturated rings. The third-order valence-corrected chi connectivity index (χ3v) is 1.96. The summed E-state index contributed by atoms with van der Waals surface area (Å²) >= 11 is 0. The van der Waals surface area contributed by atoms with Crippen LogP contribution in [0.15, 0.2) is 30.3 Å². The lowest BCUT2D eigenvalue weighted by Crippen LogP contribution is -1.89. The summed E-state index contributed by atoms with van der Waals surface area (Å²) in [5.74, 6) is 0.531. The summed E-state index contributed by atoms with van der Waals surface area (Å²) in [6.45, 7) is 0. The van der Waals surface area contributed by atoms with E-state index in [0.29, 0.717) is 11.3 Å². The topological polar surface area (TPSA) is 31.4 Å². The minimum Gasteiger partial charge on any atom is -0.494 e. The molecule has 0 aliphatic heterocycles. The summed E-state index contributed by atoms with van der Waals surface area (Å²) in [6, 6.07) is 8.66. The maximum Gasteiger partial charge on any atom is 0.263 e. The number of rotatable bonds is 2. The lowest BCUT2D eigenvalue weighted by Gasteiger charge is -2.03. The van der Waals surface area contributed by atoms with Crippen molar-refractivity contribution >= 4 is 10.9 Å². The SMILES string of the molecule is COc1cccc2ccc(OF)nc12. The van der Waals surface area contributed by atoms with E-state index in [4.69, 9.17) is 4.74 Å². The first kappa shape index (κ1) is 8.74. The summed E-state index contributed by atoms with van der Waals surface area (Å²) in [7, 11) is 1.54. The van der Waals surface area contributed by atoms with Gasteiger partial charge in [0.2, 0.25) is 0 Å². The van der Waals surface area contributed by atoms with Gasteiger partial charge in [-0.3, -0.25) is 4.94 Å².